The van der Waals surface area contributed by atoms with Crippen molar-refractivity contribution in [3.63, 3.8) is 0 Å². The number of aryl methyl sites for hydroxylation is 1. The molecular formula is C15H18N2O3. The lowest BCUT2D eigenvalue weighted by atomic mass is 10.0. The van der Waals surface area contributed by atoms with Crippen molar-refractivity contribution in [3.05, 3.63) is 29.3 Å². The fraction of sp³-hybridized carbons (Fsp3) is 0.467. The molecule has 3 rings (SSSR count). The molecule has 1 unspecified atom stereocenters. The molecule has 5 heteroatoms. The zero-order valence-corrected chi connectivity index (χ0v) is 11.8. The molecule has 0 aliphatic carbocycles. The van der Waals surface area contributed by atoms with Gasteiger partial charge in [-0.1, -0.05) is 12.1 Å². The number of carbonyl (C=O) groups is 2. The van der Waals surface area contributed by atoms with Crippen LogP contribution >= 0.6 is 0 Å². The van der Waals surface area contributed by atoms with Crippen LogP contribution in [0.3, 0.4) is 0 Å². The molecule has 2 amide bonds. The molecule has 2 aliphatic heterocycles. The highest BCUT2D eigenvalue weighted by molar-refractivity contribution is 5.91. The van der Waals surface area contributed by atoms with Crippen LogP contribution in [-0.4, -0.2) is 36.1 Å². The first-order valence-corrected chi connectivity index (χ1v) is 6.87. The number of anilines is 1. The average molecular weight is 274 g/mol. The molecule has 0 bridgehead atoms. The van der Waals surface area contributed by atoms with Crippen molar-refractivity contribution in [1.29, 1.82) is 0 Å². The Morgan fingerprint density at radius 3 is 2.95 bits per heavy atom. The summed E-state index contributed by atoms with van der Waals surface area (Å²) in [5, 5.41) is 0. The molecule has 2 heterocycles. The molecule has 0 spiro atoms. The highest BCUT2D eigenvalue weighted by atomic mass is 16.6. The fourth-order valence-corrected chi connectivity index (χ4v) is 2.86. The van der Waals surface area contributed by atoms with Gasteiger partial charge in [-0.2, -0.15) is 0 Å². The molecule has 5 nitrogen and oxygen atoms in total. The molecule has 0 radical (unpaired) electrons. The van der Waals surface area contributed by atoms with E-state index < -0.39 is 0 Å². The first-order chi connectivity index (χ1) is 9.56. The number of cyclic esters (lactones) is 1. The summed E-state index contributed by atoms with van der Waals surface area (Å²) < 4.78 is 5.19. The SMILES string of the molecule is CC(=O)N1CCC2COC(=O)N2c2cc(C)ccc2C1. The molecule has 1 atom stereocenters. The Kier molecular flexibility index (Phi) is 3.12. The minimum atomic E-state index is -0.280. The maximum Gasteiger partial charge on any atom is 0.414 e. The van der Waals surface area contributed by atoms with Gasteiger partial charge in [0.15, 0.2) is 0 Å². The third kappa shape index (κ3) is 2.13. The van der Waals surface area contributed by atoms with Crippen molar-refractivity contribution in [3.8, 4) is 0 Å². The third-order valence-corrected chi connectivity index (χ3v) is 4.00. The van der Waals surface area contributed by atoms with E-state index in [1.54, 1.807) is 11.8 Å². The van der Waals surface area contributed by atoms with Gasteiger partial charge in [0.05, 0.1) is 11.7 Å². The van der Waals surface area contributed by atoms with E-state index in [0.717, 1.165) is 23.2 Å². The van der Waals surface area contributed by atoms with E-state index in [1.165, 1.54) is 0 Å². The number of hydrogen-bond donors (Lipinski definition) is 0. The monoisotopic (exact) mass is 274 g/mol. The van der Waals surface area contributed by atoms with Gasteiger partial charge in [0.2, 0.25) is 5.91 Å². The Hall–Kier alpha value is -2.04. The molecule has 1 aromatic carbocycles. The van der Waals surface area contributed by atoms with Crippen LogP contribution in [0.4, 0.5) is 10.5 Å². The van der Waals surface area contributed by atoms with E-state index in [0.29, 0.717) is 19.7 Å². The molecule has 1 fully saturated rings. The van der Waals surface area contributed by atoms with Gasteiger partial charge < -0.3 is 9.64 Å². The van der Waals surface area contributed by atoms with Crippen molar-refractivity contribution >= 4 is 17.7 Å². The zero-order valence-electron chi connectivity index (χ0n) is 11.8. The summed E-state index contributed by atoms with van der Waals surface area (Å²) in [4.78, 5) is 27.3. The van der Waals surface area contributed by atoms with Gasteiger partial charge in [-0.05, 0) is 30.5 Å². The first-order valence-electron chi connectivity index (χ1n) is 6.87. The maximum atomic E-state index is 12.0. The van der Waals surface area contributed by atoms with Crippen LogP contribution in [0.25, 0.3) is 0 Å². The zero-order chi connectivity index (χ0) is 14.3. The molecular weight excluding hydrogens is 256 g/mol. The van der Waals surface area contributed by atoms with Gasteiger partial charge in [0.1, 0.15) is 6.61 Å². The summed E-state index contributed by atoms with van der Waals surface area (Å²) in [6.07, 6.45) is 0.469. The van der Waals surface area contributed by atoms with Crippen LogP contribution in [-0.2, 0) is 16.1 Å². The van der Waals surface area contributed by atoms with Crippen molar-refractivity contribution in [2.45, 2.75) is 32.9 Å². The van der Waals surface area contributed by atoms with Crippen molar-refractivity contribution in [2.24, 2.45) is 0 Å². The van der Waals surface area contributed by atoms with Crippen LogP contribution in [0, 0.1) is 6.92 Å². The number of nitrogens with zero attached hydrogens (tertiary/aromatic N) is 2. The lowest BCUT2D eigenvalue weighted by Gasteiger charge is -2.32. The van der Waals surface area contributed by atoms with Crippen LogP contribution in [0.1, 0.15) is 24.5 Å². The molecule has 0 N–H and O–H groups in total. The Balaban J connectivity index is 2.07. The largest absolute Gasteiger partial charge is 0.447 e. The second kappa shape index (κ2) is 4.81. The van der Waals surface area contributed by atoms with Gasteiger partial charge in [0.25, 0.3) is 0 Å². The minimum absolute atomic E-state index is 0.0187. The first kappa shape index (κ1) is 13.0. The Labute approximate surface area is 118 Å². The minimum Gasteiger partial charge on any atom is -0.447 e. The van der Waals surface area contributed by atoms with Gasteiger partial charge in [-0.25, -0.2) is 4.79 Å². The van der Waals surface area contributed by atoms with E-state index in [1.807, 2.05) is 30.0 Å². The van der Waals surface area contributed by atoms with E-state index in [9.17, 15) is 9.59 Å². The summed E-state index contributed by atoms with van der Waals surface area (Å²) in [7, 11) is 0. The van der Waals surface area contributed by atoms with Crippen LogP contribution < -0.4 is 4.90 Å². The number of amides is 2. The number of hydrogen-bond acceptors (Lipinski definition) is 3. The summed E-state index contributed by atoms with van der Waals surface area (Å²) in [6, 6.07) is 6.02. The predicted molar refractivity (Wildman–Crippen MR) is 74.5 cm³/mol. The van der Waals surface area contributed by atoms with Gasteiger partial charge >= 0.3 is 6.09 Å². The summed E-state index contributed by atoms with van der Waals surface area (Å²) in [5.41, 5.74) is 2.97. The third-order valence-electron chi connectivity index (χ3n) is 4.00. The van der Waals surface area contributed by atoms with Crippen molar-refractivity contribution in [1.82, 2.24) is 4.90 Å². The Bertz CT molecular complexity index is 570. The maximum absolute atomic E-state index is 12.0. The second-order valence-electron chi connectivity index (χ2n) is 5.46. The molecule has 106 valence electrons. The van der Waals surface area contributed by atoms with Gasteiger partial charge in [-0.3, -0.25) is 9.69 Å². The molecule has 1 aromatic rings. The molecule has 2 aliphatic rings. The lowest BCUT2D eigenvalue weighted by molar-refractivity contribution is -0.129. The normalized spacial score (nSPS) is 21.7. The molecule has 1 saturated heterocycles. The number of carbonyl (C=O) groups excluding carboxylic acids is 2. The number of rotatable bonds is 0. The highest BCUT2D eigenvalue weighted by Gasteiger charge is 2.37. The van der Waals surface area contributed by atoms with Crippen molar-refractivity contribution in [2.75, 3.05) is 18.1 Å². The number of benzene rings is 1. The van der Waals surface area contributed by atoms with Crippen LogP contribution in [0.5, 0.6) is 0 Å². The summed E-state index contributed by atoms with van der Waals surface area (Å²) >= 11 is 0. The van der Waals surface area contributed by atoms with E-state index >= 15 is 0 Å². The van der Waals surface area contributed by atoms with E-state index in [2.05, 4.69) is 0 Å². The lowest BCUT2D eigenvalue weighted by Crippen LogP contribution is -2.41. The quantitative estimate of drug-likeness (QED) is 0.727. The molecule has 0 aromatic heterocycles. The van der Waals surface area contributed by atoms with E-state index in [-0.39, 0.29) is 18.0 Å². The van der Waals surface area contributed by atoms with E-state index in [4.69, 9.17) is 4.74 Å². The number of fused-ring (bicyclic) bond motifs is 3. The Morgan fingerprint density at radius 2 is 2.20 bits per heavy atom. The van der Waals surface area contributed by atoms with Crippen LogP contribution in [0.2, 0.25) is 0 Å². The van der Waals surface area contributed by atoms with Crippen LogP contribution in [0.15, 0.2) is 18.2 Å². The second-order valence-corrected chi connectivity index (χ2v) is 5.46. The smallest absolute Gasteiger partial charge is 0.414 e. The van der Waals surface area contributed by atoms with Gasteiger partial charge in [-0.15, -0.1) is 0 Å². The topological polar surface area (TPSA) is 49.9 Å². The predicted octanol–water partition coefficient (Wildman–Crippen LogP) is 2.07. The molecule has 20 heavy (non-hydrogen) atoms. The summed E-state index contributed by atoms with van der Waals surface area (Å²) in [6.45, 7) is 5.18. The Morgan fingerprint density at radius 1 is 1.40 bits per heavy atom. The molecule has 0 saturated carbocycles. The standard InChI is InChI=1S/C15H18N2O3/c1-10-3-4-12-8-16(11(2)18)6-5-13-9-20-15(19)17(13)14(12)7-10/h3-4,7,13H,5-6,8-9H2,1-2H3. The fourth-order valence-electron chi connectivity index (χ4n) is 2.86. The van der Waals surface area contributed by atoms with Crippen molar-refractivity contribution < 1.29 is 14.3 Å². The summed E-state index contributed by atoms with van der Waals surface area (Å²) in [5.74, 6) is 0.0650. The average Bonchev–Trinajstić information content (AvgIpc) is 2.73. The van der Waals surface area contributed by atoms with Gasteiger partial charge in [0, 0.05) is 20.0 Å². The highest BCUT2D eigenvalue weighted by Crippen LogP contribution is 2.32. The number of ether oxygens (including phenoxy) is 1.